The number of halogens is 2. The highest BCUT2D eigenvalue weighted by Gasteiger charge is 2.22. The molecule has 0 N–H and O–H groups in total. The van der Waals surface area contributed by atoms with Gasteiger partial charge in [-0.3, -0.25) is 0 Å². The summed E-state index contributed by atoms with van der Waals surface area (Å²) in [6.07, 6.45) is 8.94. The second kappa shape index (κ2) is 8.44. The average Bonchev–Trinajstić information content (AvgIpc) is 2.57. The maximum Gasteiger partial charge on any atom is 0.204 e. The van der Waals surface area contributed by atoms with E-state index in [1.165, 1.54) is 12.1 Å². The predicted molar refractivity (Wildman–Crippen MR) is 85.1 cm³/mol. The molecular formula is C19H20F2O2. The summed E-state index contributed by atoms with van der Waals surface area (Å²) < 4.78 is 38.2. The Bertz CT molecular complexity index is 629. The van der Waals surface area contributed by atoms with Gasteiger partial charge < -0.3 is 9.47 Å². The topological polar surface area (TPSA) is 18.5 Å². The van der Waals surface area contributed by atoms with E-state index >= 15 is 0 Å². The summed E-state index contributed by atoms with van der Waals surface area (Å²) in [7, 11) is 0. The lowest BCUT2D eigenvalue weighted by Crippen LogP contribution is -2.19. The van der Waals surface area contributed by atoms with Crippen LogP contribution in [0.1, 0.15) is 32.6 Å². The summed E-state index contributed by atoms with van der Waals surface area (Å²) >= 11 is 0. The molecule has 23 heavy (non-hydrogen) atoms. The van der Waals surface area contributed by atoms with Crippen molar-refractivity contribution in [3.8, 4) is 35.7 Å². The van der Waals surface area contributed by atoms with Gasteiger partial charge in [0.2, 0.25) is 11.6 Å². The Hall–Kier alpha value is -2.20. The molecule has 122 valence electrons. The van der Waals surface area contributed by atoms with Gasteiger partial charge in [-0.2, -0.15) is 8.78 Å². The molecule has 2 rings (SSSR count). The molecule has 0 saturated heterocycles. The Morgan fingerprint density at radius 3 is 2.26 bits per heavy atom. The number of benzene rings is 1. The Balaban J connectivity index is 1.88. The number of hydrogen-bond acceptors (Lipinski definition) is 2. The van der Waals surface area contributed by atoms with E-state index in [0.717, 1.165) is 25.7 Å². The SMILES string of the molecule is C#CC#CC1CCC(COc2ccc(OCC)c(F)c2F)CC1. The van der Waals surface area contributed by atoms with Crippen LogP contribution < -0.4 is 9.47 Å². The van der Waals surface area contributed by atoms with Crippen molar-refractivity contribution in [2.24, 2.45) is 11.8 Å². The molecule has 0 heterocycles. The van der Waals surface area contributed by atoms with Crippen molar-refractivity contribution in [3.05, 3.63) is 23.8 Å². The fourth-order valence-electron chi connectivity index (χ4n) is 2.72. The van der Waals surface area contributed by atoms with E-state index in [9.17, 15) is 8.78 Å². The van der Waals surface area contributed by atoms with Crippen LogP contribution in [-0.4, -0.2) is 13.2 Å². The molecular weight excluding hydrogens is 298 g/mol. The molecule has 1 aromatic rings. The summed E-state index contributed by atoms with van der Waals surface area (Å²) in [5, 5.41) is 0. The van der Waals surface area contributed by atoms with Crippen LogP contribution in [0.3, 0.4) is 0 Å². The van der Waals surface area contributed by atoms with Crippen LogP contribution >= 0.6 is 0 Å². The van der Waals surface area contributed by atoms with Gasteiger partial charge in [0.1, 0.15) is 0 Å². The van der Waals surface area contributed by atoms with E-state index in [-0.39, 0.29) is 18.1 Å². The largest absolute Gasteiger partial charge is 0.491 e. The minimum Gasteiger partial charge on any atom is -0.491 e. The highest BCUT2D eigenvalue weighted by atomic mass is 19.2. The van der Waals surface area contributed by atoms with Gasteiger partial charge in [-0.25, -0.2) is 0 Å². The Labute approximate surface area is 136 Å². The van der Waals surface area contributed by atoms with Gasteiger partial charge >= 0.3 is 0 Å². The van der Waals surface area contributed by atoms with E-state index in [1.54, 1.807) is 6.92 Å². The lowest BCUT2D eigenvalue weighted by Gasteiger charge is -2.25. The van der Waals surface area contributed by atoms with Crippen molar-refractivity contribution >= 4 is 0 Å². The van der Waals surface area contributed by atoms with Gasteiger partial charge in [0.15, 0.2) is 11.5 Å². The second-order valence-corrected chi connectivity index (χ2v) is 5.57. The standard InChI is InChI=1S/C19H20F2O2/c1-3-5-6-14-7-9-15(10-8-14)13-23-17-12-11-16(22-4-2)18(20)19(17)21/h1,11-12,14-15H,4,7-10,13H2,2H3. The van der Waals surface area contributed by atoms with Crippen molar-refractivity contribution in [1.29, 1.82) is 0 Å². The van der Waals surface area contributed by atoms with Crippen molar-refractivity contribution < 1.29 is 18.3 Å². The Morgan fingerprint density at radius 1 is 1.09 bits per heavy atom. The number of ether oxygens (including phenoxy) is 2. The van der Waals surface area contributed by atoms with Gasteiger partial charge in [-0.1, -0.05) is 5.92 Å². The average molecular weight is 318 g/mol. The van der Waals surface area contributed by atoms with Crippen LogP contribution in [0.5, 0.6) is 11.5 Å². The molecule has 0 amide bonds. The first-order valence-corrected chi connectivity index (χ1v) is 7.85. The summed E-state index contributed by atoms with van der Waals surface area (Å²) in [5.74, 6) is 6.54. The maximum absolute atomic E-state index is 13.9. The molecule has 1 saturated carbocycles. The molecule has 4 heteroatoms. The zero-order chi connectivity index (χ0) is 16.7. The van der Waals surface area contributed by atoms with Gasteiger partial charge in [0.25, 0.3) is 0 Å². The number of hydrogen-bond donors (Lipinski definition) is 0. The van der Waals surface area contributed by atoms with Crippen molar-refractivity contribution in [1.82, 2.24) is 0 Å². The minimum atomic E-state index is -1.00. The monoisotopic (exact) mass is 318 g/mol. The van der Waals surface area contributed by atoms with Crippen LogP contribution in [0.25, 0.3) is 0 Å². The van der Waals surface area contributed by atoms with E-state index in [0.29, 0.717) is 18.4 Å². The summed E-state index contributed by atoms with van der Waals surface area (Å²) in [6.45, 7) is 2.37. The van der Waals surface area contributed by atoms with Crippen LogP contribution in [0.15, 0.2) is 12.1 Å². The molecule has 0 atom stereocenters. The first kappa shape index (κ1) is 17.2. The van der Waals surface area contributed by atoms with Gasteiger partial charge in [-0.05, 0) is 62.5 Å². The van der Waals surface area contributed by atoms with E-state index in [4.69, 9.17) is 15.9 Å². The van der Waals surface area contributed by atoms with Gasteiger partial charge in [0, 0.05) is 5.92 Å². The van der Waals surface area contributed by atoms with Crippen molar-refractivity contribution in [3.63, 3.8) is 0 Å². The van der Waals surface area contributed by atoms with Crippen molar-refractivity contribution in [2.45, 2.75) is 32.6 Å². The van der Waals surface area contributed by atoms with Gasteiger partial charge in [-0.15, -0.1) is 6.42 Å². The number of rotatable bonds is 5. The summed E-state index contributed by atoms with van der Waals surface area (Å²) in [4.78, 5) is 0. The highest BCUT2D eigenvalue weighted by Crippen LogP contribution is 2.31. The molecule has 0 aromatic heterocycles. The number of terminal acetylenes is 1. The molecule has 0 bridgehead atoms. The molecule has 1 aliphatic carbocycles. The molecule has 0 unspecified atom stereocenters. The lowest BCUT2D eigenvalue weighted by atomic mass is 9.83. The molecule has 2 nitrogen and oxygen atoms in total. The smallest absolute Gasteiger partial charge is 0.204 e. The minimum absolute atomic E-state index is 0.0693. The molecule has 1 aromatic carbocycles. The fourth-order valence-corrected chi connectivity index (χ4v) is 2.72. The fraction of sp³-hybridized carbons (Fsp3) is 0.474. The molecule has 1 aliphatic rings. The normalized spacial score (nSPS) is 20.1. The third kappa shape index (κ3) is 4.63. The summed E-state index contributed by atoms with van der Waals surface area (Å²) in [5.41, 5.74) is 0. The maximum atomic E-state index is 13.9. The predicted octanol–water partition coefficient (Wildman–Crippen LogP) is 4.19. The third-order valence-electron chi connectivity index (χ3n) is 3.98. The van der Waals surface area contributed by atoms with Crippen LogP contribution in [-0.2, 0) is 0 Å². The van der Waals surface area contributed by atoms with Crippen LogP contribution in [0.2, 0.25) is 0 Å². The van der Waals surface area contributed by atoms with E-state index in [1.807, 2.05) is 0 Å². The van der Waals surface area contributed by atoms with Gasteiger partial charge in [0.05, 0.1) is 13.2 Å². The second-order valence-electron chi connectivity index (χ2n) is 5.57. The highest BCUT2D eigenvalue weighted by molar-refractivity contribution is 5.35. The first-order chi connectivity index (χ1) is 11.2. The Kier molecular flexibility index (Phi) is 6.29. The van der Waals surface area contributed by atoms with E-state index in [2.05, 4.69) is 17.8 Å². The summed E-state index contributed by atoms with van der Waals surface area (Å²) in [6, 6.07) is 2.80. The first-order valence-electron chi connectivity index (χ1n) is 7.85. The zero-order valence-corrected chi connectivity index (χ0v) is 13.2. The lowest BCUT2D eigenvalue weighted by molar-refractivity contribution is 0.188. The molecule has 0 spiro atoms. The van der Waals surface area contributed by atoms with Crippen molar-refractivity contribution in [2.75, 3.05) is 13.2 Å². The molecule has 0 aliphatic heterocycles. The Morgan fingerprint density at radius 2 is 1.70 bits per heavy atom. The zero-order valence-electron chi connectivity index (χ0n) is 13.2. The van der Waals surface area contributed by atoms with Crippen LogP contribution in [0, 0.1) is 47.7 Å². The molecule has 1 fully saturated rings. The molecule has 0 radical (unpaired) electrons. The quantitative estimate of drug-likeness (QED) is 0.758. The van der Waals surface area contributed by atoms with Crippen LogP contribution in [0.4, 0.5) is 8.78 Å². The third-order valence-corrected chi connectivity index (χ3v) is 3.98. The van der Waals surface area contributed by atoms with E-state index < -0.39 is 11.6 Å².